The molecule has 2 aromatic rings. The monoisotopic (exact) mass is 375 g/mol. The van der Waals surface area contributed by atoms with Crippen LogP contribution < -0.4 is 20.1 Å². The second-order valence-electron chi connectivity index (χ2n) is 6.26. The van der Waals surface area contributed by atoms with E-state index >= 15 is 0 Å². The van der Waals surface area contributed by atoms with Gasteiger partial charge in [-0.2, -0.15) is 4.98 Å². The summed E-state index contributed by atoms with van der Waals surface area (Å²) in [6.45, 7) is 8.05. The summed E-state index contributed by atoms with van der Waals surface area (Å²) in [6, 6.07) is 5.78. The molecule has 0 saturated carbocycles. The number of rotatable bonds is 9. The minimum Gasteiger partial charge on any atom is -0.493 e. The summed E-state index contributed by atoms with van der Waals surface area (Å²) in [5.74, 6) is 3.75. The maximum Gasteiger partial charge on any atom is 0.228 e. The molecule has 1 heterocycles. The number of hydrogen-bond donors (Lipinski definition) is 2. The average molecular weight is 375 g/mol. The van der Waals surface area contributed by atoms with Crippen molar-refractivity contribution in [3.63, 3.8) is 0 Å². The molecule has 0 aliphatic rings. The molecule has 2 rings (SSSR count). The van der Waals surface area contributed by atoms with Gasteiger partial charge >= 0.3 is 0 Å². The van der Waals surface area contributed by atoms with Gasteiger partial charge in [0, 0.05) is 25.4 Å². The first-order chi connectivity index (χ1) is 13.1. The van der Waals surface area contributed by atoms with Gasteiger partial charge in [-0.1, -0.05) is 25.1 Å². The highest BCUT2D eigenvalue weighted by Gasteiger charge is 2.09. The molecule has 8 heteroatoms. The molecular formula is C19H29N5O3. The van der Waals surface area contributed by atoms with Crippen LogP contribution in [0.2, 0.25) is 0 Å². The molecule has 27 heavy (non-hydrogen) atoms. The Morgan fingerprint density at radius 1 is 1.19 bits per heavy atom. The SMILES string of the molecule is CCNC(=NCc1ccc(OC)c(OC)c1)NCCc1nc(C(C)C)no1. The lowest BCUT2D eigenvalue weighted by Crippen LogP contribution is -2.38. The Bertz CT molecular complexity index is 743. The lowest BCUT2D eigenvalue weighted by Gasteiger charge is -2.11. The first-order valence-electron chi connectivity index (χ1n) is 9.12. The summed E-state index contributed by atoms with van der Waals surface area (Å²) < 4.78 is 15.9. The van der Waals surface area contributed by atoms with Gasteiger partial charge in [-0.05, 0) is 24.6 Å². The van der Waals surface area contributed by atoms with E-state index in [1.807, 2.05) is 39.0 Å². The van der Waals surface area contributed by atoms with Crippen molar-refractivity contribution < 1.29 is 14.0 Å². The quantitative estimate of drug-likeness (QED) is 0.514. The minimum atomic E-state index is 0.260. The van der Waals surface area contributed by atoms with Gasteiger partial charge in [-0.25, -0.2) is 4.99 Å². The van der Waals surface area contributed by atoms with Gasteiger partial charge in [-0.15, -0.1) is 0 Å². The highest BCUT2D eigenvalue weighted by atomic mass is 16.5. The van der Waals surface area contributed by atoms with Gasteiger partial charge in [0.05, 0.1) is 20.8 Å². The standard InChI is InChI=1S/C19H29N5O3/c1-6-20-19(21-10-9-17-23-18(13(2)3)24-27-17)22-12-14-7-8-15(25-4)16(11-14)26-5/h7-8,11,13H,6,9-10,12H2,1-5H3,(H2,20,21,22). The number of nitrogens with zero attached hydrogens (tertiary/aromatic N) is 3. The third-order valence-electron chi connectivity index (χ3n) is 3.84. The van der Waals surface area contributed by atoms with Crippen LogP contribution in [-0.2, 0) is 13.0 Å². The fourth-order valence-electron chi connectivity index (χ4n) is 2.38. The first kappa shape index (κ1) is 20.5. The first-order valence-corrected chi connectivity index (χ1v) is 9.12. The molecule has 0 fully saturated rings. The minimum absolute atomic E-state index is 0.260. The summed E-state index contributed by atoms with van der Waals surface area (Å²) in [4.78, 5) is 8.99. The lowest BCUT2D eigenvalue weighted by atomic mass is 10.2. The zero-order valence-corrected chi connectivity index (χ0v) is 16.7. The van der Waals surface area contributed by atoms with Crippen LogP contribution in [0.5, 0.6) is 11.5 Å². The number of nitrogens with one attached hydrogen (secondary N) is 2. The Balaban J connectivity index is 1.93. The smallest absolute Gasteiger partial charge is 0.228 e. The molecule has 148 valence electrons. The molecule has 0 bridgehead atoms. The van der Waals surface area contributed by atoms with Gasteiger partial charge in [0.2, 0.25) is 5.89 Å². The summed E-state index contributed by atoms with van der Waals surface area (Å²) in [5, 5.41) is 10.5. The Labute approximate surface area is 160 Å². The third-order valence-corrected chi connectivity index (χ3v) is 3.84. The van der Waals surface area contributed by atoms with Crippen molar-refractivity contribution in [1.29, 1.82) is 0 Å². The number of ether oxygens (including phenoxy) is 2. The van der Waals surface area contributed by atoms with E-state index in [-0.39, 0.29) is 5.92 Å². The van der Waals surface area contributed by atoms with Crippen molar-refractivity contribution in [3.8, 4) is 11.5 Å². The van der Waals surface area contributed by atoms with E-state index in [2.05, 4.69) is 25.8 Å². The average Bonchev–Trinajstić information content (AvgIpc) is 3.15. The van der Waals surface area contributed by atoms with Crippen molar-refractivity contribution in [3.05, 3.63) is 35.5 Å². The van der Waals surface area contributed by atoms with E-state index in [9.17, 15) is 0 Å². The second-order valence-corrected chi connectivity index (χ2v) is 6.26. The molecule has 0 unspecified atom stereocenters. The Morgan fingerprint density at radius 2 is 1.96 bits per heavy atom. The fraction of sp³-hybridized carbons (Fsp3) is 0.526. The van der Waals surface area contributed by atoms with E-state index < -0.39 is 0 Å². The molecule has 0 spiro atoms. The molecule has 0 aliphatic carbocycles. The van der Waals surface area contributed by atoms with Crippen molar-refractivity contribution in [1.82, 2.24) is 20.8 Å². The van der Waals surface area contributed by atoms with Crippen LogP contribution in [0.3, 0.4) is 0 Å². The number of aliphatic imine (C=N–C) groups is 1. The zero-order chi connectivity index (χ0) is 19.6. The predicted molar refractivity (Wildman–Crippen MR) is 104 cm³/mol. The van der Waals surface area contributed by atoms with Crippen LogP contribution >= 0.6 is 0 Å². The highest BCUT2D eigenvalue weighted by Crippen LogP contribution is 2.27. The molecule has 2 N–H and O–H groups in total. The van der Waals surface area contributed by atoms with Gasteiger partial charge in [0.1, 0.15) is 0 Å². The van der Waals surface area contributed by atoms with E-state index in [0.29, 0.717) is 36.9 Å². The molecule has 1 aromatic carbocycles. The van der Waals surface area contributed by atoms with E-state index in [1.54, 1.807) is 14.2 Å². The molecule has 0 saturated heterocycles. The van der Waals surface area contributed by atoms with Crippen molar-refractivity contribution in [2.24, 2.45) is 4.99 Å². The third kappa shape index (κ3) is 6.16. The van der Waals surface area contributed by atoms with E-state index in [1.165, 1.54) is 0 Å². The highest BCUT2D eigenvalue weighted by molar-refractivity contribution is 5.79. The lowest BCUT2D eigenvalue weighted by molar-refractivity contribution is 0.354. The van der Waals surface area contributed by atoms with Crippen molar-refractivity contribution >= 4 is 5.96 Å². The Hall–Kier alpha value is -2.77. The molecule has 0 amide bonds. The van der Waals surface area contributed by atoms with Gasteiger partial charge < -0.3 is 24.6 Å². The molecule has 8 nitrogen and oxygen atoms in total. The molecular weight excluding hydrogens is 346 g/mol. The van der Waals surface area contributed by atoms with E-state index in [0.717, 1.165) is 23.9 Å². The predicted octanol–water partition coefficient (Wildman–Crippen LogP) is 2.51. The number of benzene rings is 1. The largest absolute Gasteiger partial charge is 0.493 e. The normalized spacial score (nSPS) is 11.6. The van der Waals surface area contributed by atoms with Crippen LogP contribution in [-0.4, -0.2) is 43.4 Å². The number of hydrogen-bond acceptors (Lipinski definition) is 6. The Kier molecular flexibility index (Phi) is 7.91. The Morgan fingerprint density at radius 3 is 2.59 bits per heavy atom. The van der Waals surface area contributed by atoms with Crippen LogP contribution in [0.4, 0.5) is 0 Å². The summed E-state index contributed by atoms with van der Waals surface area (Å²) >= 11 is 0. The number of aromatic nitrogens is 2. The molecule has 0 aliphatic heterocycles. The van der Waals surface area contributed by atoms with Crippen molar-refractivity contribution in [2.45, 2.75) is 39.7 Å². The van der Waals surface area contributed by atoms with E-state index in [4.69, 9.17) is 14.0 Å². The number of guanidine groups is 1. The zero-order valence-electron chi connectivity index (χ0n) is 16.7. The van der Waals surface area contributed by atoms with Gasteiger partial charge in [0.25, 0.3) is 0 Å². The topological polar surface area (TPSA) is 93.8 Å². The molecule has 1 aromatic heterocycles. The van der Waals surface area contributed by atoms with Crippen LogP contribution in [0.1, 0.15) is 44.0 Å². The maximum absolute atomic E-state index is 5.34. The van der Waals surface area contributed by atoms with Crippen LogP contribution in [0, 0.1) is 0 Å². The number of methoxy groups -OCH3 is 2. The van der Waals surface area contributed by atoms with Crippen molar-refractivity contribution in [2.75, 3.05) is 27.3 Å². The maximum atomic E-state index is 5.34. The molecule has 0 radical (unpaired) electrons. The second kappa shape index (κ2) is 10.4. The fourth-order valence-corrected chi connectivity index (χ4v) is 2.38. The summed E-state index contributed by atoms with van der Waals surface area (Å²) in [5.41, 5.74) is 1.03. The van der Waals surface area contributed by atoms with Crippen LogP contribution in [0.25, 0.3) is 0 Å². The van der Waals surface area contributed by atoms with Gasteiger partial charge in [0.15, 0.2) is 23.3 Å². The van der Waals surface area contributed by atoms with Gasteiger partial charge in [-0.3, -0.25) is 0 Å². The molecule has 0 atom stereocenters. The van der Waals surface area contributed by atoms with Crippen LogP contribution in [0.15, 0.2) is 27.7 Å². The summed E-state index contributed by atoms with van der Waals surface area (Å²) in [6.07, 6.45) is 0.639. The summed E-state index contributed by atoms with van der Waals surface area (Å²) in [7, 11) is 3.25.